The first-order valence-electron chi connectivity index (χ1n) is 5.01. The predicted molar refractivity (Wildman–Crippen MR) is 58.3 cm³/mol. The summed E-state index contributed by atoms with van der Waals surface area (Å²) in [5.41, 5.74) is 3.72. The van der Waals surface area contributed by atoms with Crippen LogP contribution in [-0.4, -0.2) is 6.54 Å². The zero-order valence-corrected chi connectivity index (χ0v) is 8.89. The minimum Gasteiger partial charge on any atom is -0.271 e. The van der Waals surface area contributed by atoms with Crippen molar-refractivity contribution < 1.29 is 4.39 Å². The van der Waals surface area contributed by atoms with E-state index in [-0.39, 0.29) is 5.82 Å². The molecule has 0 aromatic heterocycles. The van der Waals surface area contributed by atoms with Gasteiger partial charge in [-0.05, 0) is 30.5 Å². The quantitative estimate of drug-likeness (QED) is 0.442. The van der Waals surface area contributed by atoms with Crippen molar-refractivity contribution in [2.45, 2.75) is 26.7 Å². The summed E-state index contributed by atoms with van der Waals surface area (Å²) in [6.45, 7) is 4.79. The SMILES string of the molecule is CC.NNCCCc1ccc(F)cc1. The molecule has 0 aliphatic rings. The van der Waals surface area contributed by atoms with Gasteiger partial charge in [0.15, 0.2) is 0 Å². The second-order valence-corrected chi connectivity index (χ2v) is 2.68. The lowest BCUT2D eigenvalue weighted by Crippen LogP contribution is -2.23. The summed E-state index contributed by atoms with van der Waals surface area (Å²) >= 11 is 0. The molecule has 0 atom stereocenters. The molecular weight excluding hydrogens is 179 g/mol. The fourth-order valence-electron chi connectivity index (χ4n) is 1.05. The number of hydrogen-bond acceptors (Lipinski definition) is 2. The number of nitrogens with two attached hydrogens (primary N) is 1. The summed E-state index contributed by atoms with van der Waals surface area (Å²) in [6.07, 6.45) is 1.91. The maximum atomic E-state index is 12.4. The first kappa shape index (κ1) is 13.1. The van der Waals surface area contributed by atoms with E-state index in [9.17, 15) is 4.39 Å². The normalized spacial score (nSPS) is 9.14. The minimum atomic E-state index is -0.185. The van der Waals surface area contributed by atoms with Crippen molar-refractivity contribution in [2.24, 2.45) is 5.84 Å². The van der Waals surface area contributed by atoms with Gasteiger partial charge in [0, 0.05) is 6.54 Å². The van der Waals surface area contributed by atoms with Crippen LogP contribution in [0.5, 0.6) is 0 Å². The van der Waals surface area contributed by atoms with E-state index in [1.165, 1.54) is 12.1 Å². The molecule has 0 heterocycles. The Bertz CT molecular complexity index is 221. The average Bonchev–Trinajstić information content (AvgIpc) is 2.24. The number of hydrazine groups is 1. The van der Waals surface area contributed by atoms with Crippen LogP contribution in [0.2, 0.25) is 0 Å². The molecule has 0 radical (unpaired) electrons. The molecule has 0 amide bonds. The fraction of sp³-hybridized carbons (Fsp3) is 0.455. The highest BCUT2D eigenvalue weighted by Crippen LogP contribution is 2.04. The molecule has 14 heavy (non-hydrogen) atoms. The molecule has 1 aromatic rings. The molecule has 0 saturated heterocycles. The molecule has 0 aliphatic carbocycles. The van der Waals surface area contributed by atoms with Crippen molar-refractivity contribution in [2.75, 3.05) is 6.54 Å². The summed E-state index contributed by atoms with van der Waals surface area (Å²) in [4.78, 5) is 0. The maximum Gasteiger partial charge on any atom is 0.123 e. The van der Waals surface area contributed by atoms with Gasteiger partial charge in [0.25, 0.3) is 0 Å². The fourth-order valence-corrected chi connectivity index (χ4v) is 1.05. The number of aryl methyl sites for hydroxylation is 1. The third kappa shape index (κ3) is 5.67. The zero-order chi connectivity index (χ0) is 10.8. The van der Waals surface area contributed by atoms with Gasteiger partial charge in [-0.3, -0.25) is 11.3 Å². The van der Waals surface area contributed by atoms with E-state index in [4.69, 9.17) is 5.84 Å². The van der Waals surface area contributed by atoms with E-state index in [2.05, 4.69) is 5.43 Å². The van der Waals surface area contributed by atoms with E-state index in [1.54, 1.807) is 12.1 Å². The van der Waals surface area contributed by atoms with Crippen LogP contribution in [0, 0.1) is 5.82 Å². The Balaban J connectivity index is 0.000000791. The monoisotopic (exact) mass is 198 g/mol. The van der Waals surface area contributed by atoms with Crippen molar-refractivity contribution in [3.8, 4) is 0 Å². The van der Waals surface area contributed by atoms with Crippen molar-refractivity contribution >= 4 is 0 Å². The minimum absolute atomic E-state index is 0.185. The molecule has 0 spiro atoms. The molecule has 0 bridgehead atoms. The molecule has 3 heteroatoms. The van der Waals surface area contributed by atoms with Gasteiger partial charge in [0.05, 0.1) is 0 Å². The Morgan fingerprint density at radius 1 is 1.21 bits per heavy atom. The van der Waals surface area contributed by atoms with Gasteiger partial charge in [-0.15, -0.1) is 0 Å². The Morgan fingerprint density at radius 2 is 1.79 bits per heavy atom. The maximum absolute atomic E-state index is 12.4. The first-order valence-corrected chi connectivity index (χ1v) is 5.01. The molecule has 80 valence electrons. The summed E-state index contributed by atoms with van der Waals surface area (Å²) < 4.78 is 12.4. The average molecular weight is 198 g/mol. The van der Waals surface area contributed by atoms with Crippen LogP contribution in [0.25, 0.3) is 0 Å². The lowest BCUT2D eigenvalue weighted by Gasteiger charge is -1.99. The van der Waals surface area contributed by atoms with Gasteiger partial charge < -0.3 is 0 Å². The van der Waals surface area contributed by atoms with E-state index in [0.29, 0.717) is 0 Å². The van der Waals surface area contributed by atoms with Crippen LogP contribution in [0.4, 0.5) is 4.39 Å². The second-order valence-electron chi connectivity index (χ2n) is 2.68. The van der Waals surface area contributed by atoms with Crippen LogP contribution in [-0.2, 0) is 6.42 Å². The first-order chi connectivity index (χ1) is 6.83. The lowest BCUT2D eigenvalue weighted by atomic mass is 10.1. The smallest absolute Gasteiger partial charge is 0.123 e. The highest BCUT2D eigenvalue weighted by atomic mass is 19.1. The van der Waals surface area contributed by atoms with Gasteiger partial charge >= 0.3 is 0 Å². The summed E-state index contributed by atoms with van der Waals surface area (Å²) in [5, 5.41) is 0. The third-order valence-electron chi connectivity index (χ3n) is 1.70. The molecular formula is C11H19FN2. The van der Waals surface area contributed by atoms with E-state index in [0.717, 1.165) is 24.9 Å². The number of hydrogen-bond donors (Lipinski definition) is 2. The van der Waals surface area contributed by atoms with Crippen LogP contribution in [0.15, 0.2) is 24.3 Å². The number of halogens is 1. The van der Waals surface area contributed by atoms with Crippen LogP contribution in [0.1, 0.15) is 25.8 Å². The van der Waals surface area contributed by atoms with Crippen LogP contribution in [0.3, 0.4) is 0 Å². The predicted octanol–water partition coefficient (Wildman–Crippen LogP) is 2.25. The zero-order valence-electron chi connectivity index (χ0n) is 8.89. The van der Waals surface area contributed by atoms with Crippen molar-refractivity contribution in [3.05, 3.63) is 35.6 Å². The van der Waals surface area contributed by atoms with Crippen LogP contribution < -0.4 is 11.3 Å². The molecule has 0 unspecified atom stereocenters. The Kier molecular flexibility index (Phi) is 8.08. The summed E-state index contributed by atoms with van der Waals surface area (Å²) in [5.74, 6) is 4.92. The summed E-state index contributed by atoms with van der Waals surface area (Å²) in [6, 6.07) is 6.55. The standard InChI is InChI=1S/C9H13FN2.C2H6/c10-9-5-3-8(4-6-9)2-1-7-12-11;1-2/h3-6,12H,1-2,7,11H2;1-2H3. The van der Waals surface area contributed by atoms with Crippen molar-refractivity contribution in [1.82, 2.24) is 5.43 Å². The molecule has 0 saturated carbocycles. The molecule has 0 aliphatic heterocycles. The van der Waals surface area contributed by atoms with Gasteiger partial charge in [-0.2, -0.15) is 0 Å². The highest BCUT2D eigenvalue weighted by Gasteiger charge is 1.92. The number of benzene rings is 1. The molecule has 1 aromatic carbocycles. The molecule has 3 N–H and O–H groups in total. The van der Waals surface area contributed by atoms with Crippen molar-refractivity contribution in [1.29, 1.82) is 0 Å². The Labute approximate surface area is 85.3 Å². The summed E-state index contributed by atoms with van der Waals surface area (Å²) in [7, 11) is 0. The van der Waals surface area contributed by atoms with Crippen LogP contribution >= 0.6 is 0 Å². The lowest BCUT2D eigenvalue weighted by molar-refractivity contribution is 0.625. The van der Waals surface area contributed by atoms with Gasteiger partial charge in [-0.25, -0.2) is 4.39 Å². The number of nitrogens with one attached hydrogen (secondary N) is 1. The molecule has 0 fully saturated rings. The van der Waals surface area contributed by atoms with Gasteiger partial charge in [0.2, 0.25) is 0 Å². The van der Waals surface area contributed by atoms with Gasteiger partial charge in [-0.1, -0.05) is 26.0 Å². The number of rotatable bonds is 4. The molecule has 1 rings (SSSR count). The third-order valence-corrected chi connectivity index (χ3v) is 1.70. The second kappa shape index (κ2) is 8.66. The Hall–Kier alpha value is -0.930. The Morgan fingerprint density at radius 3 is 2.29 bits per heavy atom. The highest BCUT2D eigenvalue weighted by molar-refractivity contribution is 5.15. The van der Waals surface area contributed by atoms with E-state index in [1.807, 2.05) is 13.8 Å². The topological polar surface area (TPSA) is 38.0 Å². The molecule has 2 nitrogen and oxygen atoms in total. The van der Waals surface area contributed by atoms with E-state index < -0.39 is 0 Å². The van der Waals surface area contributed by atoms with E-state index >= 15 is 0 Å². The van der Waals surface area contributed by atoms with Crippen molar-refractivity contribution in [3.63, 3.8) is 0 Å². The largest absolute Gasteiger partial charge is 0.271 e. The van der Waals surface area contributed by atoms with Gasteiger partial charge in [0.1, 0.15) is 5.82 Å².